The molecule has 2 aliphatic rings. The van der Waals surface area contributed by atoms with Crippen LogP contribution in [-0.2, 0) is 9.47 Å². The average Bonchev–Trinajstić information content (AvgIpc) is 3.28. The van der Waals surface area contributed by atoms with Gasteiger partial charge in [0.25, 0.3) is 0 Å². The van der Waals surface area contributed by atoms with Crippen LogP contribution in [0.5, 0.6) is 0 Å². The number of hydrogen-bond acceptors (Lipinski definition) is 4. The molecule has 1 atom stereocenters. The smallest absolute Gasteiger partial charge is 0.191 e. The summed E-state index contributed by atoms with van der Waals surface area (Å²) in [5.41, 5.74) is 2.40. The van der Waals surface area contributed by atoms with Crippen LogP contribution in [-0.4, -0.2) is 58.1 Å². The number of halogens is 1. The Morgan fingerprint density at radius 3 is 2.66 bits per heavy atom. The van der Waals surface area contributed by atoms with Crippen molar-refractivity contribution in [3.8, 4) is 0 Å². The molecule has 2 heterocycles. The highest BCUT2D eigenvalue weighted by atomic mass is 127. The summed E-state index contributed by atoms with van der Waals surface area (Å²) in [5, 5.41) is 6.94. The molecule has 164 valence electrons. The summed E-state index contributed by atoms with van der Waals surface area (Å²) >= 11 is 0. The number of anilines is 1. The van der Waals surface area contributed by atoms with E-state index in [-0.39, 0.29) is 35.6 Å². The quantitative estimate of drug-likeness (QED) is 0.329. The van der Waals surface area contributed by atoms with Gasteiger partial charge < -0.3 is 25.0 Å². The molecule has 0 saturated carbocycles. The minimum absolute atomic E-state index is 0. The van der Waals surface area contributed by atoms with Crippen molar-refractivity contribution in [2.45, 2.75) is 51.2 Å². The molecule has 0 amide bonds. The van der Waals surface area contributed by atoms with Crippen LogP contribution in [0.1, 0.15) is 51.1 Å². The van der Waals surface area contributed by atoms with E-state index >= 15 is 0 Å². The van der Waals surface area contributed by atoms with Crippen LogP contribution in [0.4, 0.5) is 5.69 Å². The summed E-state index contributed by atoms with van der Waals surface area (Å²) in [6, 6.07) is 9.05. The van der Waals surface area contributed by atoms with Gasteiger partial charge in [-0.1, -0.05) is 12.1 Å². The number of aliphatic imine (C=N–C) groups is 1. The van der Waals surface area contributed by atoms with Gasteiger partial charge >= 0.3 is 0 Å². The van der Waals surface area contributed by atoms with E-state index in [4.69, 9.17) is 14.5 Å². The lowest BCUT2D eigenvalue weighted by molar-refractivity contribution is -0.0828. The summed E-state index contributed by atoms with van der Waals surface area (Å²) < 4.78 is 11.3. The second-order valence-electron chi connectivity index (χ2n) is 7.85. The fourth-order valence-corrected chi connectivity index (χ4v) is 3.97. The second-order valence-corrected chi connectivity index (χ2v) is 7.85. The van der Waals surface area contributed by atoms with E-state index in [1.807, 2.05) is 0 Å². The largest absolute Gasteiger partial charge is 0.381 e. The van der Waals surface area contributed by atoms with Crippen molar-refractivity contribution in [1.29, 1.82) is 0 Å². The first-order chi connectivity index (χ1) is 13.7. The van der Waals surface area contributed by atoms with Crippen molar-refractivity contribution in [2.24, 2.45) is 4.99 Å². The Labute approximate surface area is 192 Å². The predicted molar refractivity (Wildman–Crippen MR) is 131 cm³/mol. The van der Waals surface area contributed by atoms with Gasteiger partial charge in [0.05, 0.1) is 18.2 Å². The molecule has 3 rings (SSSR count). The Kier molecular flexibility index (Phi) is 9.98. The Morgan fingerprint density at radius 2 is 2.00 bits per heavy atom. The SMILES string of the molecule is CCNC(=NCC1(OC)CCOCC1)NC(C)c1cccc(N2CCCC2)c1.I. The van der Waals surface area contributed by atoms with Gasteiger partial charge in [-0.2, -0.15) is 0 Å². The topological polar surface area (TPSA) is 58.1 Å². The average molecular weight is 516 g/mol. The van der Waals surface area contributed by atoms with Gasteiger partial charge in [-0.3, -0.25) is 4.99 Å². The number of hydrogen-bond donors (Lipinski definition) is 2. The van der Waals surface area contributed by atoms with Crippen LogP contribution >= 0.6 is 24.0 Å². The maximum absolute atomic E-state index is 5.82. The summed E-state index contributed by atoms with van der Waals surface area (Å²) in [4.78, 5) is 7.32. The third-order valence-corrected chi connectivity index (χ3v) is 5.90. The van der Waals surface area contributed by atoms with E-state index in [0.29, 0.717) is 6.54 Å². The first-order valence-electron chi connectivity index (χ1n) is 10.7. The lowest BCUT2D eigenvalue weighted by Gasteiger charge is -2.34. The molecule has 6 nitrogen and oxygen atoms in total. The van der Waals surface area contributed by atoms with E-state index in [2.05, 4.69) is 53.6 Å². The first-order valence-corrected chi connectivity index (χ1v) is 10.7. The van der Waals surface area contributed by atoms with Crippen LogP contribution in [0, 0.1) is 0 Å². The summed E-state index contributed by atoms with van der Waals surface area (Å²) in [6.45, 7) is 9.57. The van der Waals surface area contributed by atoms with Crippen LogP contribution in [0.25, 0.3) is 0 Å². The van der Waals surface area contributed by atoms with Crippen molar-refractivity contribution in [1.82, 2.24) is 10.6 Å². The third kappa shape index (κ3) is 6.72. The van der Waals surface area contributed by atoms with Crippen molar-refractivity contribution in [3.05, 3.63) is 29.8 Å². The Balaban J connectivity index is 0.00000300. The van der Waals surface area contributed by atoms with Gasteiger partial charge in [-0.25, -0.2) is 0 Å². The molecule has 2 saturated heterocycles. The molecule has 2 aliphatic heterocycles. The van der Waals surface area contributed by atoms with Gasteiger partial charge in [0.1, 0.15) is 0 Å². The van der Waals surface area contributed by atoms with Crippen LogP contribution in [0.3, 0.4) is 0 Å². The van der Waals surface area contributed by atoms with Crippen LogP contribution < -0.4 is 15.5 Å². The number of nitrogens with one attached hydrogen (secondary N) is 2. The number of rotatable bonds is 7. The lowest BCUT2D eigenvalue weighted by Crippen LogP contribution is -2.44. The number of nitrogens with zero attached hydrogens (tertiary/aromatic N) is 2. The van der Waals surface area contributed by atoms with E-state index in [1.165, 1.54) is 24.1 Å². The van der Waals surface area contributed by atoms with Gasteiger partial charge in [-0.05, 0) is 44.4 Å². The molecular weight excluding hydrogens is 479 g/mol. The summed E-state index contributed by atoms with van der Waals surface area (Å²) in [6.07, 6.45) is 4.36. The number of ether oxygens (including phenoxy) is 2. The van der Waals surface area contributed by atoms with Crippen LogP contribution in [0.15, 0.2) is 29.3 Å². The molecule has 2 fully saturated rings. The van der Waals surface area contributed by atoms with Crippen molar-refractivity contribution >= 4 is 35.6 Å². The van der Waals surface area contributed by atoms with Crippen molar-refractivity contribution < 1.29 is 9.47 Å². The van der Waals surface area contributed by atoms with E-state index in [0.717, 1.165) is 51.6 Å². The molecule has 29 heavy (non-hydrogen) atoms. The van der Waals surface area contributed by atoms with Crippen molar-refractivity contribution in [2.75, 3.05) is 51.4 Å². The minimum Gasteiger partial charge on any atom is -0.381 e. The maximum atomic E-state index is 5.82. The minimum atomic E-state index is -0.209. The van der Waals surface area contributed by atoms with Crippen LogP contribution in [0.2, 0.25) is 0 Å². The van der Waals surface area contributed by atoms with Gasteiger partial charge in [0, 0.05) is 58.5 Å². The highest BCUT2D eigenvalue weighted by Crippen LogP contribution is 2.26. The van der Waals surface area contributed by atoms with Gasteiger partial charge in [-0.15, -0.1) is 24.0 Å². The summed E-state index contributed by atoms with van der Waals surface area (Å²) in [5.74, 6) is 0.837. The molecule has 0 spiro atoms. The monoisotopic (exact) mass is 516 g/mol. The molecule has 0 aliphatic carbocycles. The molecule has 1 aromatic rings. The zero-order chi connectivity index (χ0) is 19.8. The molecular formula is C22H37IN4O2. The highest BCUT2D eigenvalue weighted by Gasteiger charge is 2.32. The first kappa shape index (κ1) is 24.2. The third-order valence-electron chi connectivity index (χ3n) is 5.90. The Morgan fingerprint density at radius 1 is 1.28 bits per heavy atom. The highest BCUT2D eigenvalue weighted by molar-refractivity contribution is 14.0. The lowest BCUT2D eigenvalue weighted by atomic mass is 9.94. The number of guanidine groups is 1. The van der Waals surface area contributed by atoms with E-state index in [9.17, 15) is 0 Å². The van der Waals surface area contributed by atoms with Gasteiger partial charge in [0.2, 0.25) is 0 Å². The fraction of sp³-hybridized carbons (Fsp3) is 0.682. The van der Waals surface area contributed by atoms with E-state index < -0.39 is 0 Å². The molecule has 0 radical (unpaired) electrons. The van der Waals surface area contributed by atoms with Gasteiger partial charge in [0.15, 0.2) is 5.96 Å². The molecule has 1 unspecified atom stereocenters. The van der Waals surface area contributed by atoms with E-state index in [1.54, 1.807) is 7.11 Å². The normalized spacial score (nSPS) is 20.1. The Hall–Kier alpha value is -1.06. The fourth-order valence-electron chi connectivity index (χ4n) is 3.97. The standard InChI is InChI=1S/C22H36N4O2.HI/c1-4-23-21(24-17-22(27-3)10-14-28-15-11-22)25-18(2)19-8-7-9-20(16-19)26-12-5-6-13-26;/h7-9,16,18H,4-6,10-15,17H2,1-3H3,(H2,23,24,25);1H. The van der Waals surface area contributed by atoms with Crippen molar-refractivity contribution in [3.63, 3.8) is 0 Å². The molecule has 2 N–H and O–H groups in total. The second kappa shape index (κ2) is 12.0. The molecule has 7 heteroatoms. The maximum Gasteiger partial charge on any atom is 0.191 e. The summed E-state index contributed by atoms with van der Waals surface area (Å²) in [7, 11) is 1.79. The zero-order valence-corrected chi connectivity index (χ0v) is 20.4. The number of benzene rings is 1. The predicted octanol–water partition coefficient (Wildman–Crippen LogP) is 3.72. The zero-order valence-electron chi connectivity index (χ0n) is 18.1. The molecule has 1 aromatic carbocycles. The number of methoxy groups -OCH3 is 1. The Bertz CT molecular complexity index is 643. The molecule has 0 bridgehead atoms. The molecule has 0 aromatic heterocycles.